The summed E-state index contributed by atoms with van der Waals surface area (Å²) >= 11 is 0. The van der Waals surface area contributed by atoms with Crippen LogP contribution < -0.4 is 11.1 Å². The highest BCUT2D eigenvalue weighted by atomic mass is 19.1. The van der Waals surface area contributed by atoms with Crippen LogP contribution in [0.3, 0.4) is 0 Å². The van der Waals surface area contributed by atoms with Crippen LogP contribution in [0.5, 0.6) is 0 Å². The fourth-order valence-corrected chi connectivity index (χ4v) is 2.27. The van der Waals surface area contributed by atoms with Gasteiger partial charge in [-0.25, -0.2) is 13.6 Å². The van der Waals surface area contributed by atoms with E-state index in [1.54, 1.807) is 24.3 Å². The molecule has 0 bridgehead atoms. The lowest BCUT2D eigenvalue weighted by Crippen LogP contribution is -2.27. The Bertz CT molecular complexity index is 948. The van der Waals surface area contributed by atoms with Gasteiger partial charge in [-0.1, -0.05) is 23.4 Å². The SMILES string of the molecule is O=C(NCCc1cccc(-c2noc(=O)[nH]2)c1)c1c(F)cncc1F. The highest BCUT2D eigenvalue weighted by molar-refractivity contribution is 5.94. The Kier molecular flexibility index (Phi) is 4.64. The summed E-state index contributed by atoms with van der Waals surface area (Å²) in [5.74, 6) is -3.26. The van der Waals surface area contributed by atoms with E-state index in [4.69, 9.17) is 0 Å². The lowest BCUT2D eigenvalue weighted by molar-refractivity contribution is 0.0945. The van der Waals surface area contributed by atoms with E-state index in [1.165, 1.54) is 0 Å². The molecule has 0 radical (unpaired) electrons. The van der Waals surface area contributed by atoms with E-state index >= 15 is 0 Å². The minimum atomic E-state index is -1.02. The molecule has 3 rings (SSSR count). The van der Waals surface area contributed by atoms with Crippen LogP contribution in [0.1, 0.15) is 15.9 Å². The highest BCUT2D eigenvalue weighted by Gasteiger charge is 2.17. The molecule has 0 aliphatic rings. The van der Waals surface area contributed by atoms with Crippen molar-refractivity contribution in [3.05, 3.63) is 70.0 Å². The molecule has 0 spiro atoms. The van der Waals surface area contributed by atoms with Gasteiger partial charge in [0, 0.05) is 12.1 Å². The van der Waals surface area contributed by atoms with Gasteiger partial charge >= 0.3 is 5.76 Å². The van der Waals surface area contributed by atoms with Crippen molar-refractivity contribution in [3.63, 3.8) is 0 Å². The molecule has 0 saturated carbocycles. The van der Waals surface area contributed by atoms with Crippen LogP contribution in [0.15, 0.2) is 46.0 Å². The molecule has 128 valence electrons. The number of rotatable bonds is 5. The molecule has 2 heterocycles. The number of aromatic amines is 1. The monoisotopic (exact) mass is 346 g/mol. The first kappa shape index (κ1) is 16.5. The Hall–Kier alpha value is -3.36. The quantitative estimate of drug-likeness (QED) is 0.732. The molecular weight excluding hydrogens is 334 g/mol. The fraction of sp³-hybridized carbons (Fsp3) is 0.125. The van der Waals surface area contributed by atoms with Crippen LogP contribution in [0.4, 0.5) is 8.78 Å². The minimum Gasteiger partial charge on any atom is -0.352 e. The molecular formula is C16H12F2N4O3. The molecule has 7 nitrogen and oxygen atoms in total. The summed E-state index contributed by atoms with van der Waals surface area (Å²) in [6, 6.07) is 7.05. The van der Waals surface area contributed by atoms with Crippen molar-refractivity contribution in [1.29, 1.82) is 0 Å². The van der Waals surface area contributed by atoms with Crippen LogP contribution >= 0.6 is 0 Å². The molecule has 0 saturated heterocycles. The Morgan fingerprint density at radius 2 is 2.00 bits per heavy atom. The first-order valence-electron chi connectivity index (χ1n) is 7.27. The second-order valence-corrected chi connectivity index (χ2v) is 5.13. The maximum atomic E-state index is 13.5. The Labute approximate surface area is 139 Å². The lowest BCUT2D eigenvalue weighted by atomic mass is 10.1. The molecule has 0 aliphatic carbocycles. The summed E-state index contributed by atoms with van der Waals surface area (Å²) in [6.07, 6.45) is 1.97. The smallest absolute Gasteiger partial charge is 0.352 e. The molecule has 1 amide bonds. The molecule has 0 aliphatic heterocycles. The number of carbonyl (C=O) groups excluding carboxylic acids is 1. The summed E-state index contributed by atoms with van der Waals surface area (Å²) in [5, 5.41) is 6.05. The van der Waals surface area contributed by atoms with E-state index in [1.807, 2.05) is 0 Å². The molecule has 0 atom stereocenters. The second kappa shape index (κ2) is 7.04. The summed E-state index contributed by atoms with van der Waals surface area (Å²) < 4.78 is 31.4. The minimum absolute atomic E-state index is 0.166. The molecule has 2 aromatic heterocycles. The number of amides is 1. The maximum absolute atomic E-state index is 13.5. The Morgan fingerprint density at radius 1 is 1.24 bits per heavy atom. The van der Waals surface area contributed by atoms with Crippen LogP contribution in [0.25, 0.3) is 11.4 Å². The molecule has 3 aromatic rings. The van der Waals surface area contributed by atoms with E-state index in [2.05, 4.69) is 25.0 Å². The molecule has 9 heteroatoms. The number of aromatic nitrogens is 3. The van der Waals surface area contributed by atoms with Gasteiger partial charge in [-0.2, -0.15) is 0 Å². The number of hydrogen-bond donors (Lipinski definition) is 2. The summed E-state index contributed by atoms with van der Waals surface area (Å²) in [6.45, 7) is 0.166. The van der Waals surface area contributed by atoms with Gasteiger partial charge in [0.2, 0.25) is 0 Å². The van der Waals surface area contributed by atoms with Crippen molar-refractivity contribution in [1.82, 2.24) is 20.4 Å². The average molecular weight is 346 g/mol. The molecule has 1 aromatic carbocycles. The van der Waals surface area contributed by atoms with Crippen LogP contribution in [0.2, 0.25) is 0 Å². The molecule has 25 heavy (non-hydrogen) atoms. The van der Waals surface area contributed by atoms with Crippen molar-refractivity contribution in [3.8, 4) is 11.4 Å². The van der Waals surface area contributed by atoms with Gasteiger partial charge in [0.05, 0.1) is 12.4 Å². The second-order valence-electron chi connectivity index (χ2n) is 5.13. The van der Waals surface area contributed by atoms with Gasteiger partial charge in [-0.05, 0) is 18.1 Å². The number of pyridine rings is 1. The van der Waals surface area contributed by atoms with Crippen molar-refractivity contribution < 1.29 is 18.1 Å². The fourth-order valence-electron chi connectivity index (χ4n) is 2.27. The number of nitrogens with one attached hydrogen (secondary N) is 2. The van der Waals surface area contributed by atoms with Crippen molar-refractivity contribution in [2.75, 3.05) is 6.54 Å². The average Bonchev–Trinajstić information content (AvgIpc) is 3.01. The van der Waals surface area contributed by atoms with Gasteiger partial charge in [-0.3, -0.25) is 19.3 Å². The van der Waals surface area contributed by atoms with Crippen molar-refractivity contribution in [2.45, 2.75) is 6.42 Å². The molecule has 2 N–H and O–H groups in total. The Balaban J connectivity index is 1.64. The largest absolute Gasteiger partial charge is 0.439 e. The summed E-state index contributed by atoms with van der Waals surface area (Å²) in [5.41, 5.74) is 0.808. The van der Waals surface area contributed by atoms with Gasteiger partial charge in [-0.15, -0.1) is 0 Å². The number of benzene rings is 1. The number of nitrogens with zero attached hydrogens (tertiary/aromatic N) is 2. The first-order chi connectivity index (χ1) is 12.0. The standard InChI is InChI=1S/C16H12F2N4O3/c17-11-7-19-8-12(18)13(11)15(23)20-5-4-9-2-1-3-10(6-9)14-21-16(24)25-22-14/h1-3,6-8H,4-5H2,(H,20,23)(H,21,22,24). The van der Waals surface area contributed by atoms with Crippen LogP contribution in [-0.4, -0.2) is 27.6 Å². The molecule has 0 fully saturated rings. The summed E-state index contributed by atoms with van der Waals surface area (Å²) in [4.78, 5) is 28.6. The maximum Gasteiger partial charge on any atom is 0.439 e. The van der Waals surface area contributed by atoms with E-state index in [-0.39, 0.29) is 12.4 Å². The normalized spacial score (nSPS) is 10.6. The van der Waals surface area contributed by atoms with E-state index < -0.39 is 28.9 Å². The topological polar surface area (TPSA) is 101 Å². The number of carbonyl (C=O) groups is 1. The van der Waals surface area contributed by atoms with Crippen LogP contribution in [0, 0.1) is 11.6 Å². The summed E-state index contributed by atoms with van der Waals surface area (Å²) in [7, 11) is 0. The van der Waals surface area contributed by atoms with Gasteiger partial charge < -0.3 is 5.32 Å². The lowest BCUT2D eigenvalue weighted by Gasteiger charge is -2.07. The van der Waals surface area contributed by atoms with E-state index in [0.717, 1.165) is 18.0 Å². The van der Waals surface area contributed by atoms with E-state index in [0.29, 0.717) is 12.0 Å². The van der Waals surface area contributed by atoms with Gasteiger partial charge in [0.25, 0.3) is 5.91 Å². The van der Waals surface area contributed by atoms with E-state index in [9.17, 15) is 18.4 Å². The number of H-pyrrole nitrogens is 1. The Morgan fingerprint density at radius 3 is 2.68 bits per heavy atom. The zero-order valence-electron chi connectivity index (χ0n) is 12.8. The first-order valence-corrected chi connectivity index (χ1v) is 7.27. The van der Waals surface area contributed by atoms with Gasteiger partial charge in [0.15, 0.2) is 17.5 Å². The molecule has 0 unspecified atom stereocenters. The van der Waals surface area contributed by atoms with Gasteiger partial charge in [0.1, 0.15) is 5.56 Å². The van der Waals surface area contributed by atoms with Crippen molar-refractivity contribution in [2.24, 2.45) is 0 Å². The van der Waals surface area contributed by atoms with Crippen molar-refractivity contribution >= 4 is 5.91 Å². The third-order valence-electron chi connectivity index (χ3n) is 3.42. The zero-order chi connectivity index (χ0) is 17.8. The predicted molar refractivity (Wildman–Crippen MR) is 82.7 cm³/mol. The van der Waals surface area contributed by atoms with Crippen LogP contribution in [-0.2, 0) is 6.42 Å². The number of hydrogen-bond acceptors (Lipinski definition) is 5. The number of halogens is 2. The third-order valence-corrected chi connectivity index (χ3v) is 3.42. The third kappa shape index (κ3) is 3.77. The predicted octanol–water partition coefficient (Wildman–Crippen LogP) is 1.68. The zero-order valence-corrected chi connectivity index (χ0v) is 12.8. The highest BCUT2D eigenvalue weighted by Crippen LogP contribution is 2.15.